The Morgan fingerprint density at radius 2 is 1.79 bits per heavy atom. The van der Waals surface area contributed by atoms with Crippen molar-refractivity contribution in [3.05, 3.63) is 29.8 Å². The van der Waals surface area contributed by atoms with Crippen LogP contribution in [-0.4, -0.2) is 62.8 Å². The van der Waals surface area contributed by atoms with Crippen molar-refractivity contribution in [1.82, 2.24) is 14.5 Å². The number of carbonyl (C=O) groups is 1. The van der Waals surface area contributed by atoms with Gasteiger partial charge in [0.2, 0.25) is 10.0 Å². The summed E-state index contributed by atoms with van der Waals surface area (Å²) in [6.07, 6.45) is 9.91. The van der Waals surface area contributed by atoms with Crippen LogP contribution in [0.15, 0.2) is 29.2 Å². The molecule has 1 aromatic carbocycles. The lowest BCUT2D eigenvalue weighted by atomic mass is 9.96. The van der Waals surface area contributed by atoms with Gasteiger partial charge in [-0.1, -0.05) is 31.7 Å². The largest absolute Gasteiger partial charge is 0.352 e. The molecule has 3 rings (SSSR count). The molecule has 1 aliphatic carbocycles. The normalized spacial score (nSPS) is 19.4. The van der Waals surface area contributed by atoms with Crippen molar-refractivity contribution < 1.29 is 13.2 Å². The van der Waals surface area contributed by atoms with Crippen LogP contribution in [0.5, 0.6) is 0 Å². The molecule has 162 valence electrons. The van der Waals surface area contributed by atoms with E-state index in [0.29, 0.717) is 12.1 Å². The summed E-state index contributed by atoms with van der Waals surface area (Å²) in [6, 6.07) is 6.49. The van der Waals surface area contributed by atoms with Crippen molar-refractivity contribution >= 4 is 15.9 Å². The Labute approximate surface area is 175 Å². The molecule has 0 unspecified atom stereocenters. The molecule has 1 aromatic rings. The Morgan fingerprint density at radius 3 is 2.52 bits per heavy atom. The quantitative estimate of drug-likeness (QED) is 0.654. The van der Waals surface area contributed by atoms with E-state index in [-0.39, 0.29) is 16.8 Å². The van der Waals surface area contributed by atoms with Gasteiger partial charge in [-0.2, -0.15) is 4.31 Å². The molecule has 1 amide bonds. The molecule has 1 aliphatic heterocycles. The number of hydrogen-bond acceptors (Lipinski definition) is 4. The van der Waals surface area contributed by atoms with Gasteiger partial charge in [-0.3, -0.25) is 4.79 Å². The zero-order chi connectivity index (χ0) is 20.7. The second-order valence-electron chi connectivity index (χ2n) is 8.35. The first-order chi connectivity index (χ1) is 14.0. The predicted molar refractivity (Wildman–Crippen MR) is 116 cm³/mol. The molecule has 2 fully saturated rings. The highest BCUT2D eigenvalue weighted by Crippen LogP contribution is 2.26. The summed E-state index contributed by atoms with van der Waals surface area (Å²) in [7, 11) is -1.92. The summed E-state index contributed by atoms with van der Waals surface area (Å²) in [5.41, 5.74) is 0.404. The Morgan fingerprint density at radius 1 is 1.10 bits per heavy atom. The molecule has 1 saturated carbocycles. The van der Waals surface area contributed by atoms with E-state index in [0.717, 1.165) is 51.7 Å². The van der Waals surface area contributed by atoms with Gasteiger partial charge in [-0.15, -0.1) is 0 Å². The maximum Gasteiger partial charge on any atom is 0.251 e. The topological polar surface area (TPSA) is 69.7 Å². The van der Waals surface area contributed by atoms with Crippen LogP contribution >= 0.6 is 0 Å². The van der Waals surface area contributed by atoms with Gasteiger partial charge in [-0.05, 0) is 69.9 Å². The SMILES string of the molecule is CN(C1CCCCC1)S(=O)(=O)c1cccc(C(=O)NCCCN2CCCCC2)c1. The third-order valence-corrected chi connectivity index (χ3v) is 8.15. The molecule has 0 atom stereocenters. The lowest BCUT2D eigenvalue weighted by Gasteiger charge is -2.30. The molecular formula is C22H35N3O3S. The van der Waals surface area contributed by atoms with E-state index in [2.05, 4.69) is 10.2 Å². The van der Waals surface area contributed by atoms with Gasteiger partial charge in [0, 0.05) is 25.2 Å². The number of hydrogen-bond donors (Lipinski definition) is 1. The van der Waals surface area contributed by atoms with Crippen molar-refractivity contribution in [2.75, 3.05) is 33.2 Å². The number of nitrogens with one attached hydrogen (secondary N) is 1. The van der Waals surface area contributed by atoms with Crippen LogP contribution in [0.2, 0.25) is 0 Å². The molecule has 7 heteroatoms. The number of sulfonamides is 1. The van der Waals surface area contributed by atoms with Gasteiger partial charge in [0.05, 0.1) is 4.90 Å². The smallest absolute Gasteiger partial charge is 0.251 e. The molecule has 0 spiro atoms. The second-order valence-corrected chi connectivity index (χ2v) is 10.4. The van der Waals surface area contributed by atoms with Crippen molar-refractivity contribution in [2.24, 2.45) is 0 Å². The first-order valence-electron chi connectivity index (χ1n) is 11.1. The van der Waals surface area contributed by atoms with Crippen LogP contribution in [-0.2, 0) is 10.0 Å². The number of rotatable bonds is 8. The number of benzene rings is 1. The maximum absolute atomic E-state index is 13.0. The molecule has 0 bridgehead atoms. The fourth-order valence-electron chi connectivity index (χ4n) is 4.39. The van der Waals surface area contributed by atoms with Crippen molar-refractivity contribution in [3.8, 4) is 0 Å². The highest BCUT2D eigenvalue weighted by molar-refractivity contribution is 7.89. The van der Waals surface area contributed by atoms with Crippen LogP contribution in [0.4, 0.5) is 0 Å². The average molecular weight is 422 g/mol. The number of likely N-dealkylation sites (tertiary alicyclic amines) is 1. The van der Waals surface area contributed by atoms with Gasteiger partial charge in [0.15, 0.2) is 0 Å². The Hall–Kier alpha value is -1.44. The Bertz CT molecular complexity index is 769. The molecule has 1 N–H and O–H groups in total. The lowest BCUT2D eigenvalue weighted by Crippen LogP contribution is -2.38. The zero-order valence-corrected chi connectivity index (χ0v) is 18.4. The molecule has 0 radical (unpaired) electrons. The average Bonchev–Trinajstić information content (AvgIpc) is 2.77. The molecule has 0 aromatic heterocycles. The molecule has 1 heterocycles. The van der Waals surface area contributed by atoms with Crippen molar-refractivity contribution in [2.45, 2.75) is 68.7 Å². The van der Waals surface area contributed by atoms with Gasteiger partial charge in [0.25, 0.3) is 5.91 Å². The first-order valence-corrected chi connectivity index (χ1v) is 12.5. The first kappa shape index (κ1) is 22.2. The van der Waals surface area contributed by atoms with Crippen molar-refractivity contribution in [3.63, 3.8) is 0 Å². The Kier molecular flexibility index (Phi) is 8.09. The fraction of sp³-hybridized carbons (Fsp3) is 0.682. The summed E-state index contributed by atoms with van der Waals surface area (Å²) in [6.45, 7) is 3.92. The summed E-state index contributed by atoms with van der Waals surface area (Å²) in [5, 5.41) is 2.94. The van der Waals surface area contributed by atoms with Gasteiger partial charge in [0.1, 0.15) is 0 Å². The molecular weight excluding hydrogens is 386 g/mol. The van der Waals surface area contributed by atoms with E-state index >= 15 is 0 Å². The van der Waals surface area contributed by atoms with E-state index in [9.17, 15) is 13.2 Å². The summed E-state index contributed by atoms with van der Waals surface area (Å²) < 4.78 is 27.6. The molecule has 1 saturated heterocycles. The van der Waals surface area contributed by atoms with Crippen LogP contribution in [0.1, 0.15) is 68.1 Å². The third kappa shape index (κ3) is 6.03. The van der Waals surface area contributed by atoms with Crippen LogP contribution in [0, 0.1) is 0 Å². The maximum atomic E-state index is 13.0. The fourth-order valence-corrected chi connectivity index (χ4v) is 5.86. The Balaban J connectivity index is 1.55. The minimum Gasteiger partial charge on any atom is -0.352 e. The number of nitrogens with zero attached hydrogens (tertiary/aromatic N) is 2. The van der Waals surface area contributed by atoms with E-state index < -0.39 is 10.0 Å². The van der Waals surface area contributed by atoms with E-state index in [1.165, 1.54) is 36.1 Å². The van der Waals surface area contributed by atoms with Crippen LogP contribution in [0.3, 0.4) is 0 Å². The molecule has 29 heavy (non-hydrogen) atoms. The predicted octanol–water partition coefficient (Wildman–Crippen LogP) is 3.25. The minimum absolute atomic E-state index is 0.0565. The van der Waals surface area contributed by atoms with E-state index in [4.69, 9.17) is 0 Å². The van der Waals surface area contributed by atoms with Gasteiger partial charge >= 0.3 is 0 Å². The van der Waals surface area contributed by atoms with Crippen LogP contribution < -0.4 is 5.32 Å². The van der Waals surface area contributed by atoms with Crippen LogP contribution in [0.25, 0.3) is 0 Å². The minimum atomic E-state index is -3.59. The third-order valence-electron chi connectivity index (χ3n) is 6.25. The number of piperidine rings is 1. The number of amides is 1. The van der Waals surface area contributed by atoms with E-state index in [1.807, 2.05) is 0 Å². The van der Waals surface area contributed by atoms with E-state index in [1.54, 1.807) is 25.2 Å². The summed E-state index contributed by atoms with van der Waals surface area (Å²) in [4.78, 5) is 15.2. The summed E-state index contributed by atoms with van der Waals surface area (Å²) >= 11 is 0. The monoisotopic (exact) mass is 421 g/mol. The standard InChI is InChI=1S/C22H35N3O3S/c1-24(20-11-4-2-5-12-20)29(27,28)21-13-8-10-19(18-21)22(26)23-14-9-17-25-15-6-3-7-16-25/h8,10,13,18,20H,2-7,9,11-12,14-17H2,1H3,(H,23,26). The zero-order valence-electron chi connectivity index (χ0n) is 17.6. The second kappa shape index (κ2) is 10.5. The van der Waals surface area contributed by atoms with Gasteiger partial charge in [-0.25, -0.2) is 8.42 Å². The highest BCUT2D eigenvalue weighted by Gasteiger charge is 2.29. The molecule has 2 aliphatic rings. The number of carbonyl (C=O) groups excluding carboxylic acids is 1. The lowest BCUT2D eigenvalue weighted by molar-refractivity contribution is 0.0951. The summed E-state index contributed by atoms with van der Waals surface area (Å²) in [5.74, 6) is -0.207. The highest BCUT2D eigenvalue weighted by atomic mass is 32.2. The van der Waals surface area contributed by atoms with Gasteiger partial charge < -0.3 is 10.2 Å². The van der Waals surface area contributed by atoms with Crippen molar-refractivity contribution in [1.29, 1.82) is 0 Å². The molecule has 6 nitrogen and oxygen atoms in total.